The van der Waals surface area contributed by atoms with Gasteiger partial charge in [-0.25, -0.2) is 9.59 Å². The van der Waals surface area contributed by atoms with E-state index in [0.29, 0.717) is 13.0 Å². The molecule has 0 spiro atoms. The monoisotopic (exact) mass is 425 g/mol. The summed E-state index contributed by atoms with van der Waals surface area (Å²) in [6.07, 6.45) is 0.360. The SMILES string of the molecule is CCOC(=O)C(C)(Cc1ccccc1)NC(=O)CCNC(=O)N(C)Cc1ccccc1. The van der Waals surface area contributed by atoms with Gasteiger partial charge in [0, 0.05) is 33.0 Å². The summed E-state index contributed by atoms with van der Waals surface area (Å²) in [6.45, 7) is 4.24. The third-order valence-corrected chi connectivity index (χ3v) is 4.78. The number of nitrogens with zero attached hydrogens (tertiary/aromatic N) is 1. The number of urea groups is 1. The van der Waals surface area contributed by atoms with Crippen LogP contribution < -0.4 is 10.6 Å². The normalized spacial score (nSPS) is 12.4. The molecule has 2 aromatic rings. The third-order valence-electron chi connectivity index (χ3n) is 4.78. The molecule has 0 bridgehead atoms. The van der Waals surface area contributed by atoms with E-state index in [0.717, 1.165) is 11.1 Å². The molecule has 3 amide bonds. The van der Waals surface area contributed by atoms with Crippen LogP contribution in [0.4, 0.5) is 4.79 Å². The third kappa shape index (κ3) is 7.77. The van der Waals surface area contributed by atoms with Gasteiger partial charge >= 0.3 is 12.0 Å². The van der Waals surface area contributed by atoms with E-state index in [1.54, 1.807) is 25.8 Å². The van der Waals surface area contributed by atoms with E-state index in [1.807, 2.05) is 60.7 Å². The Bertz CT molecular complexity index is 858. The van der Waals surface area contributed by atoms with E-state index in [-0.39, 0.29) is 31.5 Å². The lowest BCUT2D eigenvalue weighted by atomic mass is 9.92. The molecular formula is C24H31N3O4. The van der Waals surface area contributed by atoms with Crippen molar-refractivity contribution < 1.29 is 19.1 Å². The van der Waals surface area contributed by atoms with Crippen LogP contribution >= 0.6 is 0 Å². The van der Waals surface area contributed by atoms with Crippen molar-refractivity contribution in [2.24, 2.45) is 0 Å². The molecule has 1 atom stereocenters. The molecule has 2 rings (SSSR count). The molecule has 31 heavy (non-hydrogen) atoms. The number of rotatable bonds is 10. The van der Waals surface area contributed by atoms with Gasteiger partial charge in [-0.3, -0.25) is 4.79 Å². The Morgan fingerprint density at radius 2 is 1.55 bits per heavy atom. The van der Waals surface area contributed by atoms with E-state index in [1.165, 1.54) is 0 Å². The van der Waals surface area contributed by atoms with Gasteiger partial charge in [0.15, 0.2) is 0 Å². The number of amides is 3. The molecule has 2 aromatic carbocycles. The first-order chi connectivity index (χ1) is 14.8. The zero-order valence-corrected chi connectivity index (χ0v) is 18.4. The molecule has 166 valence electrons. The maximum absolute atomic E-state index is 12.5. The number of carbonyl (C=O) groups excluding carboxylic acids is 3. The standard InChI is InChI=1S/C24H31N3O4/c1-4-31-22(29)24(2,17-19-11-7-5-8-12-19)26-21(28)15-16-25-23(30)27(3)18-20-13-9-6-10-14-20/h5-14H,4,15-18H2,1-3H3,(H,25,30)(H,26,28). The summed E-state index contributed by atoms with van der Waals surface area (Å²) in [4.78, 5) is 38.9. The van der Waals surface area contributed by atoms with Crippen molar-refractivity contribution in [1.82, 2.24) is 15.5 Å². The highest BCUT2D eigenvalue weighted by Gasteiger charge is 2.36. The van der Waals surface area contributed by atoms with Crippen molar-refractivity contribution in [2.75, 3.05) is 20.2 Å². The summed E-state index contributed by atoms with van der Waals surface area (Å²) < 4.78 is 5.18. The molecular weight excluding hydrogens is 394 g/mol. The van der Waals surface area contributed by atoms with E-state index in [9.17, 15) is 14.4 Å². The molecule has 0 aliphatic heterocycles. The largest absolute Gasteiger partial charge is 0.464 e. The number of nitrogens with one attached hydrogen (secondary N) is 2. The summed E-state index contributed by atoms with van der Waals surface area (Å²) in [5, 5.41) is 5.52. The summed E-state index contributed by atoms with van der Waals surface area (Å²) in [5.41, 5.74) is 0.737. The van der Waals surface area contributed by atoms with Gasteiger partial charge in [0.25, 0.3) is 0 Å². The summed E-state index contributed by atoms with van der Waals surface area (Å²) in [6, 6.07) is 18.8. The fourth-order valence-corrected chi connectivity index (χ4v) is 3.18. The summed E-state index contributed by atoms with van der Waals surface area (Å²) in [5.74, 6) is -0.823. The van der Waals surface area contributed by atoms with Crippen LogP contribution in [0.15, 0.2) is 60.7 Å². The molecule has 0 aliphatic rings. The van der Waals surface area contributed by atoms with Crippen LogP contribution in [-0.2, 0) is 27.3 Å². The molecule has 0 aliphatic carbocycles. The Labute approximate surface area is 183 Å². The van der Waals surface area contributed by atoms with Crippen molar-refractivity contribution in [3.8, 4) is 0 Å². The molecule has 2 N–H and O–H groups in total. The van der Waals surface area contributed by atoms with Gasteiger partial charge in [-0.1, -0.05) is 60.7 Å². The van der Waals surface area contributed by atoms with E-state index in [2.05, 4.69) is 10.6 Å². The number of hydrogen-bond acceptors (Lipinski definition) is 4. The molecule has 7 nitrogen and oxygen atoms in total. The van der Waals surface area contributed by atoms with Crippen LogP contribution in [0.2, 0.25) is 0 Å². The fraction of sp³-hybridized carbons (Fsp3) is 0.375. The van der Waals surface area contributed by atoms with E-state index in [4.69, 9.17) is 4.74 Å². The number of hydrogen-bond donors (Lipinski definition) is 2. The molecule has 7 heteroatoms. The summed E-state index contributed by atoms with van der Waals surface area (Å²) in [7, 11) is 1.69. The first kappa shape index (κ1) is 23.9. The van der Waals surface area contributed by atoms with Gasteiger partial charge in [0.2, 0.25) is 5.91 Å². The molecule has 0 heterocycles. The quantitative estimate of drug-likeness (QED) is 0.573. The molecule has 0 fully saturated rings. The van der Waals surface area contributed by atoms with Gasteiger partial charge < -0.3 is 20.3 Å². The number of esters is 1. The minimum atomic E-state index is -1.19. The van der Waals surface area contributed by atoms with Gasteiger partial charge in [0.05, 0.1) is 6.61 Å². The average molecular weight is 426 g/mol. The molecule has 1 unspecified atom stereocenters. The first-order valence-corrected chi connectivity index (χ1v) is 10.4. The van der Waals surface area contributed by atoms with Crippen molar-refractivity contribution in [3.63, 3.8) is 0 Å². The maximum Gasteiger partial charge on any atom is 0.331 e. The van der Waals surface area contributed by atoms with Crippen LogP contribution in [0.5, 0.6) is 0 Å². The lowest BCUT2D eigenvalue weighted by Gasteiger charge is -2.29. The van der Waals surface area contributed by atoms with Gasteiger partial charge in [-0.05, 0) is 25.0 Å². The first-order valence-electron chi connectivity index (χ1n) is 10.4. The highest BCUT2D eigenvalue weighted by atomic mass is 16.5. The Hall–Kier alpha value is -3.35. The molecule has 0 saturated heterocycles. The number of carbonyl (C=O) groups is 3. The fourth-order valence-electron chi connectivity index (χ4n) is 3.18. The van der Waals surface area contributed by atoms with Crippen LogP contribution in [0, 0.1) is 0 Å². The Kier molecular flexibility index (Phi) is 9.06. The zero-order valence-electron chi connectivity index (χ0n) is 18.4. The second-order valence-corrected chi connectivity index (χ2v) is 7.59. The highest BCUT2D eigenvalue weighted by Crippen LogP contribution is 2.16. The average Bonchev–Trinajstić information content (AvgIpc) is 2.75. The zero-order chi connectivity index (χ0) is 22.7. The van der Waals surface area contributed by atoms with Crippen LogP contribution in [-0.4, -0.2) is 48.5 Å². The smallest absolute Gasteiger partial charge is 0.331 e. The van der Waals surface area contributed by atoms with Crippen LogP contribution in [0.1, 0.15) is 31.4 Å². The molecule has 0 saturated carbocycles. The lowest BCUT2D eigenvalue weighted by molar-refractivity contribution is -0.152. The molecule has 0 radical (unpaired) electrons. The second kappa shape index (κ2) is 11.7. The van der Waals surface area contributed by atoms with Gasteiger partial charge in [0.1, 0.15) is 5.54 Å². The van der Waals surface area contributed by atoms with Gasteiger partial charge in [-0.2, -0.15) is 0 Å². The van der Waals surface area contributed by atoms with Crippen molar-refractivity contribution in [3.05, 3.63) is 71.8 Å². The topological polar surface area (TPSA) is 87.7 Å². The van der Waals surface area contributed by atoms with Gasteiger partial charge in [-0.15, -0.1) is 0 Å². The minimum absolute atomic E-state index is 0.0503. The maximum atomic E-state index is 12.5. The predicted molar refractivity (Wildman–Crippen MR) is 119 cm³/mol. The minimum Gasteiger partial charge on any atom is -0.464 e. The van der Waals surface area contributed by atoms with Crippen LogP contribution in [0.25, 0.3) is 0 Å². The van der Waals surface area contributed by atoms with Crippen molar-refractivity contribution in [1.29, 1.82) is 0 Å². The van der Waals surface area contributed by atoms with E-state index < -0.39 is 11.5 Å². The summed E-state index contributed by atoms with van der Waals surface area (Å²) >= 11 is 0. The lowest BCUT2D eigenvalue weighted by Crippen LogP contribution is -2.55. The van der Waals surface area contributed by atoms with Crippen LogP contribution in [0.3, 0.4) is 0 Å². The Balaban J connectivity index is 1.87. The molecule has 0 aromatic heterocycles. The van der Waals surface area contributed by atoms with Crippen molar-refractivity contribution >= 4 is 17.9 Å². The number of ether oxygens (including phenoxy) is 1. The Morgan fingerprint density at radius 3 is 2.13 bits per heavy atom. The second-order valence-electron chi connectivity index (χ2n) is 7.59. The predicted octanol–water partition coefficient (Wildman–Crippen LogP) is 2.90. The van der Waals surface area contributed by atoms with E-state index >= 15 is 0 Å². The number of benzene rings is 2. The highest BCUT2D eigenvalue weighted by molar-refractivity contribution is 5.88. The Morgan fingerprint density at radius 1 is 0.968 bits per heavy atom. The van der Waals surface area contributed by atoms with Crippen molar-refractivity contribution in [2.45, 2.75) is 38.8 Å².